The van der Waals surface area contributed by atoms with E-state index in [1.165, 1.54) is 0 Å². The summed E-state index contributed by atoms with van der Waals surface area (Å²) in [5.41, 5.74) is 0. The quantitative estimate of drug-likeness (QED) is 0.446. The summed E-state index contributed by atoms with van der Waals surface area (Å²) in [6, 6.07) is -0.469. The molecule has 0 saturated carbocycles. The molecule has 0 bridgehead atoms. The molecule has 12 heavy (non-hydrogen) atoms. The van der Waals surface area contributed by atoms with Crippen LogP contribution in [0.4, 0.5) is 0 Å². The van der Waals surface area contributed by atoms with Crippen molar-refractivity contribution in [1.82, 2.24) is 4.90 Å². The third-order valence-electron chi connectivity index (χ3n) is 1.99. The summed E-state index contributed by atoms with van der Waals surface area (Å²) in [4.78, 5) is 12.1. The van der Waals surface area contributed by atoms with Gasteiger partial charge in [0.25, 0.3) is 0 Å². The molecule has 5 nitrogen and oxygen atoms in total. The lowest BCUT2D eigenvalue weighted by atomic mass is 10.3. The van der Waals surface area contributed by atoms with Crippen molar-refractivity contribution in [2.75, 3.05) is 32.8 Å². The SMILES string of the molecule is CC(CN1CCOCC1)[N+](=O)[O-]. The second kappa shape index (κ2) is 4.37. The molecule has 0 aromatic carbocycles. The first-order valence-corrected chi connectivity index (χ1v) is 4.13. The Kier molecular flexibility index (Phi) is 3.43. The minimum atomic E-state index is -0.469. The van der Waals surface area contributed by atoms with E-state index in [-0.39, 0.29) is 4.92 Å². The monoisotopic (exact) mass is 174 g/mol. The molecule has 0 radical (unpaired) electrons. The Balaban J connectivity index is 2.24. The van der Waals surface area contributed by atoms with Crippen molar-refractivity contribution in [3.63, 3.8) is 0 Å². The lowest BCUT2D eigenvalue weighted by molar-refractivity contribution is -0.518. The van der Waals surface area contributed by atoms with Crippen LogP contribution in [-0.2, 0) is 4.74 Å². The summed E-state index contributed by atoms with van der Waals surface area (Å²) < 4.78 is 5.13. The van der Waals surface area contributed by atoms with Crippen LogP contribution in [0.2, 0.25) is 0 Å². The molecule has 1 aliphatic heterocycles. The van der Waals surface area contributed by atoms with Gasteiger partial charge in [-0.15, -0.1) is 0 Å². The van der Waals surface area contributed by atoms with Gasteiger partial charge in [-0.3, -0.25) is 15.0 Å². The molecular formula is C7H14N2O3. The molecule has 5 heteroatoms. The van der Waals surface area contributed by atoms with Crippen molar-refractivity contribution in [2.45, 2.75) is 13.0 Å². The summed E-state index contributed by atoms with van der Waals surface area (Å²) in [6.07, 6.45) is 0. The molecule has 0 aromatic heterocycles. The smallest absolute Gasteiger partial charge is 0.222 e. The summed E-state index contributed by atoms with van der Waals surface area (Å²) in [5.74, 6) is 0. The van der Waals surface area contributed by atoms with Gasteiger partial charge < -0.3 is 4.74 Å². The van der Waals surface area contributed by atoms with Crippen molar-refractivity contribution < 1.29 is 9.66 Å². The van der Waals surface area contributed by atoms with Gasteiger partial charge in [-0.2, -0.15) is 0 Å². The summed E-state index contributed by atoms with van der Waals surface area (Å²) in [6.45, 7) is 5.21. The van der Waals surface area contributed by atoms with Gasteiger partial charge in [0.05, 0.1) is 19.8 Å². The largest absolute Gasteiger partial charge is 0.379 e. The van der Waals surface area contributed by atoms with Gasteiger partial charge in [0.1, 0.15) is 0 Å². The van der Waals surface area contributed by atoms with Crippen LogP contribution in [0.5, 0.6) is 0 Å². The highest BCUT2D eigenvalue weighted by Gasteiger charge is 2.19. The third kappa shape index (κ3) is 2.75. The number of rotatable bonds is 3. The maximum Gasteiger partial charge on any atom is 0.222 e. The van der Waals surface area contributed by atoms with E-state index in [0.29, 0.717) is 19.8 Å². The summed E-state index contributed by atoms with van der Waals surface area (Å²) >= 11 is 0. The topological polar surface area (TPSA) is 55.6 Å². The zero-order valence-electron chi connectivity index (χ0n) is 7.23. The van der Waals surface area contributed by atoms with Gasteiger partial charge in [0, 0.05) is 24.9 Å². The molecule has 1 aliphatic rings. The Bertz CT molecular complexity index is 157. The first-order valence-electron chi connectivity index (χ1n) is 4.13. The molecule has 1 fully saturated rings. The third-order valence-corrected chi connectivity index (χ3v) is 1.99. The highest BCUT2D eigenvalue weighted by atomic mass is 16.6. The van der Waals surface area contributed by atoms with Gasteiger partial charge >= 0.3 is 0 Å². The van der Waals surface area contributed by atoms with E-state index < -0.39 is 6.04 Å². The second-order valence-corrected chi connectivity index (χ2v) is 3.05. The van der Waals surface area contributed by atoms with Crippen LogP contribution >= 0.6 is 0 Å². The van der Waals surface area contributed by atoms with Gasteiger partial charge in [-0.05, 0) is 0 Å². The Morgan fingerprint density at radius 3 is 2.67 bits per heavy atom. The molecule has 1 atom stereocenters. The van der Waals surface area contributed by atoms with Crippen LogP contribution in [0.25, 0.3) is 0 Å². The van der Waals surface area contributed by atoms with Crippen LogP contribution < -0.4 is 0 Å². The molecule has 1 saturated heterocycles. The first-order chi connectivity index (χ1) is 5.70. The van der Waals surface area contributed by atoms with Crippen molar-refractivity contribution in [2.24, 2.45) is 0 Å². The normalized spacial score (nSPS) is 22.1. The van der Waals surface area contributed by atoms with Crippen molar-refractivity contribution >= 4 is 0 Å². The Morgan fingerprint density at radius 2 is 2.17 bits per heavy atom. The van der Waals surface area contributed by atoms with E-state index in [0.717, 1.165) is 13.1 Å². The minimum Gasteiger partial charge on any atom is -0.379 e. The van der Waals surface area contributed by atoms with Crippen LogP contribution in [0.15, 0.2) is 0 Å². The van der Waals surface area contributed by atoms with E-state index in [4.69, 9.17) is 4.74 Å². The van der Waals surface area contributed by atoms with E-state index in [2.05, 4.69) is 4.90 Å². The molecule has 0 amide bonds. The number of hydrogen-bond acceptors (Lipinski definition) is 4. The van der Waals surface area contributed by atoms with Gasteiger partial charge in [0.15, 0.2) is 0 Å². The molecule has 1 unspecified atom stereocenters. The molecule has 0 aliphatic carbocycles. The fourth-order valence-corrected chi connectivity index (χ4v) is 1.22. The zero-order valence-corrected chi connectivity index (χ0v) is 7.23. The van der Waals surface area contributed by atoms with Gasteiger partial charge in [-0.1, -0.05) is 0 Å². The highest BCUT2D eigenvalue weighted by Crippen LogP contribution is 1.99. The molecule has 1 heterocycles. The minimum absolute atomic E-state index is 0.241. The number of nitrogens with zero attached hydrogens (tertiary/aromatic N) is 2. The predicted octanol–water partition coefficient (Wildman–Crippen LogP) is -0.0162. The van der Waals surface area contributed by atoms with Gasteiger partial charge in [-0.25, -0.2) is 0 Å². The second-order valence-electron chi connectivity index (χ2n) is 3.05. The Labute approximate surface area is 71.4 Å². The highest BCUT2D eigenvalue weighted by molar-refractivity contribution is 4.64. The van der Waals surface area contributed by atoms with Crippen LogP contribution in [0.1, 0.15) is 6.92 Å². The number of hydrogen-bond donors (Lipinski definition) is 0. The van der Waals surface area contributed by atoms with E-state index in [1.54, 1.807) is 6.92 Å². The van der Waals surface area contributed by atoms with E-state index in [9.17, 15) is 10.1 Å². The van der Waals surface area contributed by atoms with Crippen LogP contribution in [0.3, 0.4) is 0 Å². The maximum atomic E-state index is 10.3. The number of morpholine rings is 1. The Hall–Kier alpha value is -0.680. The molecule has 0 spiro atoms. The Morgan fingerprint density at radius 1 is 1.58 bits per heavy atom. The van der Waals surface area contributed by atoms with Crippen LogP contribution in [0, 0.1) is 10.1 Å². The molecule has 70 valence electrons. The lowest BCUT2D eigenvalue weighted by Crippen LogP contribution is -2.42. The van der Waals surface area contributed by atoms with Crippen molar-refractivity contribution in [3.8, 4) is 0 Å². The van der Waals surface area contributed by atoms with Crippen molar-refractivity contribution in [1.29, 1.82) is 0 Å². The van der Waals surface area contributed by atoms with Gasteiger partial charge in [0.2, 0.25) is 6.04 Å². The number of ether oxygens (including phenoxy) is 1. The first kappa shape index (κ1) is 9.41. The van der Waals surface area contributed by atoms with E-state index in [1.807, 2.05) is 0 Å². The molecular weight excluding hydrogens is 160 g/mol. The standard InChI is InChI=1S/C7H14N2O3/c1-7(9(10)11)6-8-2-4-12-5-3-8/h7H,2-6H2,1H3. The average molecular weight is 174 g/mol. The zero-order chi connectivity index (χ0) is 8.97. The predicted molar refractivity (Wildman–Crippen MR) is 43.7 cm³/mol. The lowest BCUT2D eigenvalue weighted by Gasteiger charge is -2.26. The van der Waals surface area contributed by atoms with E-state index >= 15 is 0 Å². The average Bonchev–Trinajstić information content (AvgIpc) is 2.06. The number of nitro groups is 1. The molecule has 1 rings (SSSR count). The molecule has 0 N–H and O–H groups in total. The van der Waals surface area contributed by atoms with Crippen LogP contribution in [-0.4, -0.2) is 48.7 Å². The summed E-state index contributed by atoms with van der Waals surface area (Å²) in [7, 11) is 0. The van der Waals surface area contributed by atoms with Crippen molar-refractivity contribution in [3.05, 3.63) is 10.1 Å². The molecule has 0 aromatic rings. The summed E-state index contributed by atoms with van der Waals surface area (Å²) in [5, 5.41) is 10.3. The maximum absolute atomic E-state index is 10.3. The fraction of sp³-hybridized carbons (Fsp3) is 1.00. The fourth-order valence-electron chi connectivity index (χ4n) is 1.22.